The van der Waals surface area contributed by atoms with Crippen molar-refractivity contribution in [1.29, 1.82) is 0 Å². The van der Waals surface area contributed by atoms with E-state index in [1.807, 2.05) is 18.3 Å². The molecule has 5 heteroatoms. The summed E-state index contributed by atoms with van der Waals surface area (Å²) in [5.41, 5.74) is 1.47. The Morgan fingerprint density at radius 2 is 2.08 bits per heavy atom. The lowest BCUT2D eigenvalue weighted by molar-refractivity contribution is -0.0160. The van der Waals surface area contributed by atoms with Gasteiger partial charge >= 0.3 is 0 Å². The molecule has 2 saturated heterocycles. The highest BCUT2D eigenvalue weighted by atomic mass is 19.1. The predicted molar refractivity (Wildman–Crippen MR) is 94.7 cm³/mol. The van der Waals surface area contributed by atoms with E-state index in [9.17, 15) is 4.39 Å². The molecule has 0 bridgehead atoms. The molecule has 4 rings (SSSR count). The average Bonchev–Trinajstić information content (AvgIpc) is 3.18. The number of rotatable bonds is 6. The third-order valence-electron chi connectivity index (χ3n) is 5.41. The van der Waals surface area contributed by atoms with Crippen LogP contribution in [-0.4, -0.2) is 40.3 Å². The maximum absolute atomic E-state index is 13.0. The van der Waals surface area contributed by atoms with E-state index < -0.39 is 0 Å². The maximum Gasteiger partial charge on any atom is 0.123 e. The monoisotopic (exact) mass is 343 g/mol. The van der Waals surface area contributed by atoms with Gasteiger partial charge in [0, 0.05) is 37.4 Å². The summed E-state index contributed by atoms with van der Waals surface area (Å²) < 4.78 is 21.3. The van der Waals surface area contributed by atoms with E-state index in [-0.39, 0.29) is 11.9 Å². The topological polar surface area (TPSA) is 30.3 Å². The zero-order valence-corrected chi connectivity index (χ0v) is 14.8. The van der Waals surface area contributed by atoms with Crippen LogP contribution in [0.15, 0.2) is 36.7 Å². The molecule has 0 N–H and O–H groups in total. The van der Waals surface area contributed by atoms with Gasteiger partial charge in [0.1, 0.15) is 11.6 Å². The number of nitrogens with zero attached hydrogens (tertiary/aromatic N) is 3. The van der Waals surface area contributed by atoms with Crippen LogP contribution in [0.4, 0.5) is 4.39 Å². The Morgan fingerprint density at radius 3 is 2.84 bits per heavy atom. The fourth-order valence-electron chi connectivity index (χ4n) is 4.28. The van der Waals surface area contributed by atoms with Crippen molar-refractivity contribution in [2.24, 2.45) is 5.41 Å². The van der Waals surface area contributed by atoms with Gasteiger partial charge in [-0.25, -0.2) is 9.37 Å². The first-order valence-corrected chi connectivity index (χ1v) is 9.24. The zero-order chi connectivity index (χ0) is 17.3. The van der Waals surface area contributed by atoms with Crippen LogP contribution < -0.4 is 0 Å². The second kappa shape index (κ2) is 6.89. The fraction of sp³-hybridized carbons (Fsp3) is 0.550. The van der Waals surface area contributed by atoms with E-state index in [0.29, 0.717) is 5.41 Å². The van der Waals surface area contributed by atoms with E-state index in [2.05, 4.69) is 27.6 Å². The molecular weight excluding hydrogens is 317 g/mol. The number of hydrogen-bond acceptors (Lipinski definition) is 3. The third-order valence-corrected chi connectivity index (χ3v) is 5.41. The Labute approximate surface area is 148 Å². The van der Waals surface area contributed by atoms with E-state index in [1.165, 1.54) is 18.0 Å². The van der Waals surface area contributed by atoms with Crippen LogP contribution in [0.2, 0.25) is 0 Å². The van der Waals surface area contributed by atoms with E-state index in [4.69, 9.17) is 4.74 Å². The minimum Gasteiger partial charge on any atom is -0.377 e. The second-order valence-electron chi connectivity index (χ2n) is 7.65. The first-order valence-electron chi connectivity index (χ1n) is 9.24. The van der Waals surface area contributed by atoms with Crippen molar-refractivity contribution in [3.8, 4) is 0 Å². The molecule has 2 aliphatic heterocycles. The van der Waals surface area contributed by atoms with Crippen LogP contribution in [0.25, 0.3) is 0 Å². The molecule has 0 saturated carbocycles. The predicted octanol–water partition coefficient (Wildman–Crippen LogP) is 3.27. The molecule has 4 nitrogen and oxygen atoms in total. The molecule has 0 amide bonds. The average molecular weight is 343 g/mol. The van der Waals surface area contributed by atoms with Gasteiger partial charge in [0.2, 0.25) is 0 Å². The Balaban J connectivity index is 1.28. The van der Waals surface area contributed by atoms with Gasteiger partial charge in [0.15, 0.2) is 0 Å². The highest BCUT2D eigenvalue weighted by Crippen LogP contribution is 2.42. The van der Waals surface area contributed by atoms with Crippen molar-refractivity contribution in [3.05, 3.63) is 53.9 Å². The number of aryl methyl sites for hydroxylation is 1. The number of hydrogen-bond donors (Lipinski definition) is 0. The number of benzene rings is 1. The van der Waals surface area contributed by atoms with Crippen molar-refractivity contribution in [3.63, 3.8) is 0 Å². The highest BCUT2D eigenvalue weighted by molar-refractivity contribution is 5.17. The first-order chi connectivity index (χ1) is 12.2. The lowest BCUT2D eigenvalue weighted by Crippen LogP contribution is -2.56. The lowest BCUT2D eigenvalue weighted by atomic mass is 9.77. The molecule has 0 unspecified atom stereocenters. The number of imidazole rings is 1. The van der Waals surface area contributed by atoms with Crippen molar-refractivity contribution >= 4 is 0 Å². The molecule has 2 aliphatic rings. The molecule has 0 aliphatic carbocycles. The van der Waals surface area contributed by atoms with Gasteiger partial charge in [-0.05, 0) is 37.0 Å². The number of halogens is 1. The molecule has 1 spiro atoms. The molecule has 25 heavy (non-hydrogen) atoms. The van der Waals surface area contributed by atoms with Gasteiger partial charge < -0.3 is 9.30 Å². The minimum atomic E-state index is -0.177. The summed E-state index contributed by atoms with van der Waals surface area (Å²) in [6.07, 6.45) is 7.35. The van der Waals surface area contributed by atoms with E-state index in [1.54, 1.807) is 0 Å². The van der Waals surface area contributed by atoms with E-state index >= 15 is 0 Å². The normalized spacial score (nSPS) is 22.4. The number of likely N-dealkylation sites (tertiary alicyclic amines) is 1. The highest BCUT2D eigenvalue weighted by Gasteiger charge is 2.48. The minimum absolute atomic E-state index is 0.177. The number of ether oxygens (including phenoxy) is 1. The Kier molecular flexibility index (Phi) is 4.61. The largest absolute Gasteiger partial charge is 0.377 e. The molecule has 0 radical (unpaired) electrons. The molecule has 134 valence electrons. The summed E-state index contributed by atoms with van der Waals surface area (Å²) in [7, 11) is 0. The summed E-state index contributed by atoms with van der Waals surface area (Å²) in [5.74, 6) is 0.988. The van der Waals surface area contributed by atoms with Crippen molar-refractivity contribution < 1.29 is 9.13 Å². The van der Waals surface area contributed by atoms with Crippen LogP contribution in [0.5, 0.6) is 0 Å². The van der Waals surface area contributed by atoms with Crippen molar-refractivity contribution in [2.45, 2.75) is 45.4 Å². The fourth-order valence-corrected chi connectivity index (χ4v) is 4.28. The second-order valence-corrected chi connectivity index (χ2v) is 7.65. The van der Waals surface area contributed by atoms with Crippen LogP contribution >= 0.6 is 0 Å². The van der Waals surface area contributed by atoms with Crippen LogP contribution in [-0.2, 0) is 24.2 Å². The quantitative estimate of drug-likeness (QED) is 0.806. The molecule has 3 heterocycles. The standard InChI is InChI=1S/C20H26FN3O/c1-2-8-24-9-7-22-19(24)12-23-13-20(14-23)11-18(25-15-20)10-16-3-5-17(21)6-4-16/h3-7,9,18H,2,8,10-15H2,1H3/t18-/m0/s1. The van der Waals surface area contributed by atoms with Gasteiger partial charge in [-0.2, -0.15) is 0 Å². The summed E-state index contributed by atoms with van der Waals surface area (Å²) in [4.78, 5) is 6.98. The van der Waals surface area contributed by atoms with Gasteiger partial charge in [-0.3, -0.25) is 4.90 Å². The summed E-state index contributed by atoms with van der Waals surface area (Å²) >= 11 is 0. The van der Waals surface area contributed by atoms with Crippen molar-refractivity contribution in [1.82, 2.24) is 14.5 Å². The third kappa shape index (κ3) is 3.62. The maximum atomic E-state index is 13.0. The lowest BCUT2D eigenvalue weighted by Gasteiger charge is -2.47. The number of aromatic nitrogens is 2. The molecule has 2 fully saturated rings. The molecular formula is C20H26FN3O. The van der Waals surface area contributed by atoms with Crippen LogP contribution in [0.1, 0.15) is 31.2 Å². The SMILES string of the molecule is CCCn1ccnc1CN1CC2(CO[C@@H](Cc3ccc(F)cc3)C2)C1. The van der Waals surface area contributed by atoms with Gasteiger partial charge in [0.05, 0.1) is 19.3 Å². The smallest absolute Gasteiger partial charge is 0.123 e. The Morgan fingerprint density at radius 1 is 1.28 bits per heavy atom. The molecule has 1 aromatic heterocycles. The van der Waals surface area contributed by atoms with Gasteiger partial charge in [-0.15, -0.1) is 0 Å². The van der Waals surface area contributed by atoms with Crippen molar-refractivity contribution in [2.75, 3.05) is 19.7 Å². The van der Waals surface area contributed by atoms with Crippen LogP contribution in [0, 0.1) is 11.2 Å². The summed E-state index contributed by atoms with van der Waals surface area (Å²) in [6, 6.07) is 6.79. The zero-order valence-electron chi connectivity index (χ0n) is 14.8. The van der Waals surface area contributed by atoms with Gasteiger partial charge in [-0.1, -0.05) is 19.1 Å². The Hall–Kier alpha value is -1.72. The molecule has 1 aromatic carbocycles. The molecule has 2 aromatic rings. The summed E-state index contributed by atoms with van der Waals surface area (Å²) in [6.45, 7) is 7.19. The van der Waals surface area contributed by atoms with Crippen LogP contribution in [0.3, 0.4) is 0 Å². The van der Waals surface area contributed by atoms with E-state index in [0.717, 1.165) is 57.6 Å². The first kappa shape index (κ1) is 16.7. The molecule has 1 atom stereocenters. The van der Waals surface area contributed by atoms with Gasteiger partial charge in [0.25, 0.3) is 0 Å². The Bertz CT molecular complexity index is 706. The summed E-state index contributed by atoms with van der Waals surface area (Å²) in [5, 5.41) is 0.